The molecule has 0 fully saturated rings. The van der Waals surface area contributed by atoms with Gasteiger partial charge in [0.2, 0.25) is 0 Å². The lowest BCUT2D eigenvalue weighted by Crippen LogP contribution is -2.33. The quantitative estimate of drug-likeness (QED) is 0.561. The van der Waals surface area contributed by atoms with E-state index in [2.05, 4.69) is 5.32 Å². The Balaban J connectivity index is 3.70. The highest BCUT2D eigenvalue weighted by atomic mass is 127. The molecule has 1 atom stereocenters. The zero-order valence-electron chi connectivity index (χ0n) is 6.13. The fourth-order valence-corrected chi connectivity index (χ4v) is 0.961. The molecule has 4 nitrogen and oxygen atoms in total. The SMILES string of the molecule is CN[C@H](CCC(=O)I)C(=O)O. The minimum absolute atomic E-state index is 0.0101. The van der Waals surface area contributed by atoms with E-state index in [0.29, 0.717) is 12.8 Å². The van der Waals surface area contributed by atoms with Gasteiger partial charge in [-0.2, -0.15) is 0 Å². The van der Waals surface area contributed by atoms with Crippen LogP contribution in [-0.2, 0) is 9.59 Å². The summed E-state index contributed by atoms with van der Waals surface area (Å²) >= 11 is 1.66. The standard InChI is InChI=1S/C6H10INO3/c1-8-4(6(10)11)2-3-5(7)9/h4,8H,2-3H2,1H3,(H,10,11)/t4-/m1/s1. The molecule has 0 unspecified atom stereocenters. The molecule has 0 aliphatic carbocycles. The molecular weight excluding hydrogens is 261 g/mol. The molecule has 0 spiro atoms. The van der Waals surface area contributed by atoms with E-state index in [1.807, 2.05) is 0 Å². The number of carboxylic acids is 1. The van der Waals surface area contributed by atoms with Crippen LogP contribution in [0.3, 0.4) is 0 Å². The lowest BCUT2D eigenvalue weighted by atomic mass is 10.2. The zero-order valence-corrected chi connectivity index (χ0v) is 8.29. The van der Waals surface area contributed by atoms with Gasteiger partial charge in [-0.25, -0.2) is 0 Å². The predicted molar refractivity (Wildman–Crippen MR) is 48.7 cm³/mol. The van der Waals surface area contributed by atoms with Crippen LogP contribution in [0.5, 0.6) is 0 Å². The zero-order chi connectivity index (χ0) is 8.85. The highest BCUT2D eigenvalue weighted by molar-refractivity contribution is 14.1. The molecule has 0 amide bonds. The third-order valence-corrected chi connectivity index (χ3v) is 1.82. The molecule has 0 aliphatic heterocycles. The summed E-state index contributed by atoms with van der Waals surface area (Å²) in [5, 5.41) is 11.1. The van der Waals surface area contributed by atoms with Crippen molar-refractivity contribution in [1.82, 2.24) is 5.32 Å². The fourth-order valence-electron chi connectivity index (χ4n) is 0.649. The van der Waals surface area contributed by atoms with Gasteiger partial charge in [0.1, 0.15) is 6.04 Å². The Labute approximate surface area is 78.5 Å². The first-order chi connectivity index (χ1) is 5.07. The van der Waals surface area contributed by atoms with Gasteiger partial charge in [-0.1, -0.05) is 0 Å². The fraction of sp³-hybridized carbons (Fsp3) is 0.667. The molecule has 0 aromatic heterocycles. The van der Waals surface area contributed by atoms with E-state index in [0.717, 1.165) is 0 Å². The van der Waals surface area contributed by atoms with E-state index in [-0.39, 0.29) is 3.79 Å². The Morgan fingerprint density at radius 1 is 1.64 bits per heavy atom. The average molecular weight is 271 g/mol. The molecule has 0 heterocycles. The second kappa shape index (κ2) is 5.48. The summed E-state index contributed by atoms with van der Waals surface area (Å²) in [6.07, 6.45) is 0.659. The van der Waals surface area contributed by atoms with Crippen molar-refractivity contribution in [3.63, 3.8) is 0 Å². The number of halogens is 1. The molecule has 0 rings (SSSR count). The third kappa shape index (κ3) is 5.14. The number of likely N-dealkylation sites (N-methyl/N-ethyl adjacent to an activating group) is 1. The van der Waals surface area contributed by atoms with Crippen molar-refractivity contribution in [3.05, 3.63) is 0 Å². The van der Waals surface area contributed by atoms with Gasteiger partial charge in [-0.05, 0) is 36.1 Å². The van der Waals surface area contributed by atoms with Crippen LogP contribution in [0.4, 0.5) is 0 Å². The van der Waals surface area contributed by atoms with Gasteiger partial charge in [-0.15, -0.1) is 0 Å². The van der Waals surface area contributed by atoms with Crippen LogP contribution < -0.4 is 5.32 Å². The highest BCUT2D eigenvalue weighted by Crippen LogP contribution is 2.01. The molecule has 0 saturated heterocycles. The molecule has 0 radical (unpaired) electrons. The maximum absolute atomic E-state index is 10.5. The summed E-state index contributed by atoms with van der Waals surface area (Å²) in [4.78, 5) is 20.8. The van der Waals surface area contributed by atoms with Gasteiger partial charge < -0.3 is 10.4 Å². The summed E-state index contributed by atoms with van der Waals surface area (Å²) in [7, 11) is 1.57. The summed E-state index contributed by atoms with van der Waals surface area (Å²) < 4.78 is -0.0101. The second-order valence-electron chi connectivity index (χ2n) is 2.07. The van der Waals surface area contributed by atoms with Crippen molar-refractivity contribution in [2.75, 3.05) is 7.05 Å². The van der Waals surface area contributed by atoms with Crippen LogP contribution in [0.15, 0.2) is 0 Å². The van der Waals surface area contributed by atoms with E-state index < -0.39 is 12.0 Å². The van der Waals surface area contributed by atoms with Crippen molar-refractivity contribution >= 4 is 32.4 Å². The minimum atomic E-state index is -0.912. The molecule has 0 bridgehead atoms. The van der Waals surface area contributed by atoms with Crippen LogP contribution in [0.25, 0.3) is 0 Å². The van der Waals surface area contributed by atoms with Gasteiger partial charge >= 0.3 is 5.97 Å². The monoisotopic (exact) mass is 271 g/mol. The van der Waals surface area contributed by atoms with Gasteiger partial charge in [0.15, 0.2) is 3.79 Å². The topological polar surface area (TPSA) is 66.4 Å². The number of carbonyl (C=O) groups is 2. The van der Waals surface area contributed by atoms with Crippen molar-refractivity contribution < 1.29 is 14.7 Å². The maximum atomic E-state index is 10.5. The molecule has 2 N–H and O–H groups in total. The molecule has 0 aromatic rings. The first-order valence-electron chi connectivity index (χ1n) is 3.16. The summed E-state index contributed by atoms with van der Waals surface area (Å²) in [6, 6.07) is -0.603. The van der Waals surface area contributed by atoms with Crippen LogP contribution in [0, 0.1) is 0 Å². The molecule has 11 heavy (non-hydrogen) atoms. The number of carboxylic acid groups (broad SMARTS) is 1. The van der Waals surface area contributed by atoms with E-state index >= 15 is 0 Å². The van der Waals surface area contributed by atoms with Crippen LogP contribution >= 0.6 is 22.6 Å². The Morgan fingerprint density at radius 3 is 2.45 bits per heavy atom. The summed E-state index contributed by atoms with van der Waals surface area (Å²) in [6.45, 7) is 0. The average Bonchev–Trinajstić information content (AvgIpc) is 1.87. The Kier molecular flexibility index (Phi) is 5.39. The number of carbonyl (C=O) groups excluding carboxylic acids is 1. The van der Waals surface area contributed by atoms with E-state index in [1.54, 1.807) is 29.6 Å². The third-order valence-electron chi connectivity index (χ3n) is 1.28. The molecule has 64 valence electrons. The lowest BCUT2D eigenvalue weighted by molar-refractivity contribution is -0.139. The summed E-state index contributed by atoms with van der Waals surface area (Å²) in [5.41, 5.74) is 0. The number of rotatable bonds is 5. The smallest absolute Gasteiger partial charge is 0.320 e. The normalized spacial score (nSPS) is 12.5. The van der Waals surface area contributed by atoms with Crippen molar-refractivity contribution in [2.45, 2.75) is 18.9 Å². The first kappa shape index (κ1) is 10.8. The number of aliphatic carboxylic acids is 1. The molecule has 0 aliphatic rings. The number of hydrogen-bond donors (Lipinski definition) is 2. The maximum Gasteiger partial charge on any atom is 0.320 e. The first-order valence-corrected chi connectivity index (χ1v) is 4.24. The number of hydrogen-bond acceptors (Lipinski definition) is 3. The van der Waals surface area contributed by atoms with Crippen LogP contribution in [-0.4, -0.2) is 28.0 Å². The highest BCUT2D eigenvalue weighted by Gasteiger charge is 2.14. The van der Waals surface area contributed by atoms with Gasteiger partial charge in [-0.3, -0.25) is 9.59 Å². The van der Waals surface area contributed by atoms with E-state index in [9.17, 15) is 9.59 Å². The van der Waals surface area contributed by atoms with E-state index in [4.69, 9.17) is 5.11 Å². The van der Waals surface area contributed by atoms with Crippen molar-refractivity contribution in [1.29, 1.82) is 0 Å². The summed E-state index contributed by atoms with van der Waals surface area (Å²) in [5.74, 6) is -0.912. The predicted octanol–water partition coefficient (Wildman–Crippen LogP) is 0.401. The van der Waals surface area contributed by atoms with E-state index in [1.165, 1.54) is 0 Å². The molecule has 5 heteroatoms. The minimum Gasteiger partial charge on any atom is -0.480 e. The van der Waals surface area contributed by atoms with Gasteiger partial charge in [0, 0.05) is 6.42 Å². The Morgan fingerprint density at radius 2 is 2.18 bits per heavy atom. The second-order valence-corrected chi connectivity index (χ2v) is 3.28. The van der Waals surface area contributed by atoms with Crippen molar-refractivity contribution in [2.24, 2.45) is 0 Å². The largest absolute Gasteiger partial charge is 0.480 e. The Hall–Kier alpha value is -0.170. The molecule has 0 saturated carbocycles. The van der Waals surface area contributed by atoms with Crippen molar-refractivity contribution in [3.8, 4) is 0 Å². The number of nitrogens with one attached hydrogen (secondary N) is 1. The van der Waals surface area contributed by atoms with Crippen LogP contribution in [0.1, 0.15) is 12.8 Å². The lowest BCUT2D eigenvalue weighted by Gasteiger charge is -2.08. The van der Waals surface area contributed by atoms with Gasteiger partial charge in [0.05, 0.1) is 0 Å². The van der Waals surface area contributed by atoms with Crippen LogP contribution in [0.2, 0.25) is 0 Å². The molecular formula is C6H10INO3. The van der Waals surface area contributed by atoms with Gasteiger partial charge in [0.25, 0.3) is 0 Å². The Bertz CT molecular complexity index is 160. The molecule has 0 aromatic carbocycles.